The summed E-state index contributed by atoms with van der Waals surface area (Å²) in [5, 5.41) is 12.8. The summed E-state index contributed by atoms with van der Waals surface area (Å²) in [6.07, 6.45) is 3.60. The second-order valence-electron chi connectivity index (χ2n) is 13.0. The molecule has 13 nitrogen and oxygen atoms in total. The fraction of sp³-hybridized carbons (Fsp3) is 0.429. The summed E-state index contributed by atoms with van der Waals surface area (Å²) in [6.45, 7) is 7.71. The van der Waals surface area contributed by atoms with Gasteiger partial charge in [0.15, 0.2) is 5.54 Å². The molecule has 1 aromatic heterocycles. The van der Waals surface area contributed by atoms with Crippen LogP contribution in [0.15, 0.2) is 65.7 Å². The Morgan fingerprint density at radius 1 is 0.980 bits per heavy atom. The van der Waals surface area contributed by atoms with Gasteiger partial charge in [0.25, 0.3) is 15.9 Å². The van der Waals surface area contributed by atoms with Crippen molar-refractivity contribution in [1.82, 2.24) is 25.0 Å². The van der Waals surface area contributed by atoms with Gasteiger partial charge < -0.3 is 19.7 Å². The van der Waals surface area contributed by atoms with Crippen LogP contribution in [0.2, 0.25) is 0 Å². The molecule has 0 aliphatic carbocycles. The third-order valence-corrected chi connectivity index (χ3v) is 11.9. The van der Waals surface area contributed by atoms with E-state index >= 15 is 0 Å². The number of ether oxygens (including phenoxy) is 2. The number of sulfonamides is 1. The highest BCUT2D eigenvalue weighted by Gasteiger charge is 2.59. The van der Waals surface area contributed by atoms with Crippen molar-refractivity contribution in [1.29, 1.82) is 5.26 Å². The van der Waals surface area contributed by atoms with Crippen LogP contribution in [0.5, 0.6) is 5.88 Å². The lowest BCUT2D eigenvalue weighted by molar-refractivity contribution is -0.121. The fourth-order valence-electron chi connectivity index (χ4n) is 7.38. The predicted octanol–water partition coefficient (Wildman–Crippen LogP) is 2.44. The number of aromatic nitrogens is 1. The number of fused-ring (bicyclic) bond motifs is 1. The smallest absolute Gasteiger partial charge is 0.318 e. The van der Waals surface area contributed by atoms with Crippen molar-refractivity contribution in [2.75, 3.05) is 63.9 Å². The third kappa shape index (κ3) is 5.70. The molecule has 0 spiro atoms. The number of piperidine rings is 1. The Hall–Kier alpha value is -4.55. The Kier molecular flexibility index (Phi) is 8.78. The number of nitrogens with zero attached hydrogens (tertiary/aromatic N) is 6. The van der Waals surface area contributed by atoms with E-state index in [1.165, 1.54) is 43.6 Å². The Bertz CT molecular complexity index is 1900. The maximum Gasteiger partial charge on any atom is 0.318 e. The van der Waals surface area contributed by atoms with Crippen LogP contribution in [0.3, 0.4) is 0 Å². The summed E-state index contributed by atoms with van der Waals surface area (Å²) in [7, 11) is -3.08. The number of likely N-dealkylation sites (tertiary alicyclic amines) is 1. The van der Waals surface area contributed by atoms with Crippen LogP contribution in [-0.4, -0.2) is 112 Å². The summed E-state index contributed by atoms with van der Waals surface area (Å²) in [6, 6.07) is 16.2. The molecule has 2 aromatic carbocycles. The van der Waals surface area contributed by atoms with Crippen molar-refractivity contribution in [2.45, 2.75) is 42.3 Å². The van der Waals surface area contributed by atoms with E-state index in [2.05, 4.69) is 26.2 Å². The number of anilines is 1. The van der Waals surface area contributed by atoms with Gasteiger partial charge in [-0.15, -0.1) is 0 Å². The third-order valence-electron chi connectivity index (χ3n) is 10.2. The molecule has 4 aliphatic rings. The van der Waals surface area contributed by atoms with Crippen molar-refractivity contribution in [3.05, 3.63) is 83.0 Å². The number of hydrogen-bond acceptors (Lipinski definition) is 10. The van der Waals surface area contributed by atoms with Crippen molar-refractivity contribution >= 4 is 27.6 Å². The normalized spacial score (nSPS) is 22.3. The lowest BCUT2D eigenvalue weighted by Gasteiger charge is -2.46. The topological polar surface area (TPSA) is 148 Å². The number of methoxy groups -OCH3 is 1. The van der Waals surface area contributed by atoms with Crippen LogP contribution >= 0.6 is 0 Å². The van der Waals surface area contributed by atoms with Gasteiger partial charge in [-0.2, -0.15) is 9.57 Å². The first-order valence-corrected chi connectivity index (χ1v) is 17.9. The number of hydrogen-bond donors (Lipinski definition) is 1. The van der Waals surface area contributed by atoms with E-state index in [4.69, 9.17) is 9.47 Å². The SMILES string of the molecule is COc1ncccc1[C@]1(NC(=O)N2CCN(C3CCN(C4COC4)CC3)CC2)C(=O)N(S(=O)(=O)c2ccc(C)cc2)c2ccc(C#N)cc21. The second kappa shape index (κ2) is 13.1. The van der Waals surface area contributed by atoms with E-state index in [1.54, 1.807) is 29.2 Å². The lowest BCUT2D eigenvalue weighted by Crippen LogP contribution is -2.61. The van der Waals surface area contributed by atoms with Gasteiger partial charge in [-0.25, -0.2) is 18.2 Å². The molecule has 49 heavy (non-hydrogen) atoms. The average Bonchev–Trinajstić information content (AvgIpc) is 3.35. The molecule has 3 saturated heterocycles. The van der Waals surface area contributed by atoms with Crippen LogP contribution < -0.4 is 14.4 Å². The molecule has 256 valence electrons. The van der Waals surface area contributed by atoms with E-state index in [9.17, 15) is 23.3 Å². The van der Waals surface area contributed by atoms with Crippen LogP contribution in [0.4, 0.5) is 10.5 Å². The first-order valence-electron chi connectivity index (χ1n) is 16.5. The van der Waals surface area contributed by atoms with Crippen molar-refractivity contribution in [3.8, 4) is 11.9 Å². The number of amides is 3. The molecule has 0 bridgehead atoms. The largest absolute Gasteiger partial charge is 0.481 e. The Balaban J connectivity index is 1.21. The Labute approximate surface area is 286 Å². The number of pyridine rings is 1. The number of carbonyl (C=O) groups excluding carboxylic acids is 2. The zero-order chi connectivity index (χ0) is 34.3. The van der Waals surface area contributed by atoms with Gasteiger partial charge in [-0.1, -0.05) is 17.7 Å². The molecule has 14 heteroatoms. The molecule has 1 N–H and O–H groups in total. The van der Waals surface area contributed by atoms with E-state index < -0.39 is 27.5 Å². The number of piperazine rings is 1. The van der Waals surface area contributed by atoms with Crippen molar-refractivity contribution < 1.29 is 27.5 Å². The molecule has 0 saturated carbocycles. The number of rotatable bonds is 7. The zero-order valence-corrected chi connectivity index (χ0v) is 28.4. The zero-order valence-electron chi connectivity index (χ0n) is 27.5. The molecule has 5 heterocycles. The molecule has 0 radical (unpaired) electrons. The number of nitrogens with one attached hydrogen (secondary N) is 1. The summed E-state index contributed by atoms with van der Waals surface area (Å²) >= 11 is 0. The number of urea groups is 1. The van der Waals surface area contributed by atoms with Crippen LogP contribution in [0.1, 0.15) is 35.1 Å². The summed E-state index contributed by atoms with van der Waals surface area (Å²) < 4.78 is 40.2. The van der Waals surface area contributed by atoms with Crippen LogP contribution in [-0.2, 0) is 25.1 Å². The first-order chi connectivity index (χ1) is 23.7. The van der Waals surface area contributed by atoms with Gasteiger partial charge in [0.1, 0.15) is 0 Å². The highest BCUT2D eigenvalue weighted by Crippen LogP contribution is 2.49. The molecular weight excluding hydrogens is 646 g/mol. The summed E-state index contributed by atoms with van der Waals surface area (Å²) in [5.74, 6) is -0.899. The summed E-state index contributed by atoms with van der Waals surface area (Å²) in [5.41, 5.74) is -0.731. The Morgan fingerprint density at radius 2 is 1.67 bits per heavy atom. The molecule has 7 rings (SSSR count). The molecule has 3 fully saturated rings. The molecule has 4 aliphatic heterocycles. The highest BCUT2D eigenvalue weighted by atomic mass is 32.2. The molecular formula is C35H39N7O6S. The van der Waals surface area contributed by atoms with Crippen molar-refractivity contribution in [3.63, 3.8) is 0 Å². The number of nitriles is 1. The van der Waals surface area contributed by atoms with Gasteiger partial charge in [-0.05, 0) is 62.2 Å². The second-order valence-corrected chi connectivity index (χ2v) is 14.7. The quantitative estimate of drug-likeness (QED) is 0.393. The van der Waals surface area contributed by atoms with E-state index in [1.807, 2.05) is 6.92 Å². The monoisotopic (exact) mass is 685 g/mol. The number of carbonyl (C=O) groups is 2. The molecule has 3 aromatic rings. The minimum atomic E-state index is -4.47. The predicted molar refractivity (Wildman–Crippen MR) is 179 cm³/mol. The van der Waals surface area contributed by atoms with Crippen LogP contribution in [0.25, 0.3) is 0 Å². The maximum atomic E-state index is 14.9. The van der Waals surface area contributed by atoms with Gasteiger partial charge in [0.2, 0.25) is 5.88 Å². The first kappa shape index (κ1) is 33.0. The highest BCUT2D eigenvalue weighted by molar-refractivity contribution is 7.93. The van der Waals surface area contributed by atoms with Gasteiger partial charge in [0, 0.05) is 57.1 Å². The Morgan fingerprint density at radius 3 is 2.31 bits per heavy atom. The van der Waals surface area contributed by atoms with E-state index in [-0.39, 0.29) is 33.2 Å². The molecule has 1 atom stereocenters. The summed E-state index contributed by atoms with van der Waals surface area (Å²) in [4.78, 5) is 40.0. The minimum absolute atomic E-state index is 0.0282. The minimum Gasteiger partial charge on any atom is -0.481 e. The van der Waals surface area contributed by atoms with E-state index in [0.717, 1.165) is 49.0 Å². The standard InChI is InChI=1S/C35H39N7O6S/c1-24-5-8-28(9-6-24)49(45,46)42-31-10-7-25(21-36)20-30(31)35(33(42)43,29-4-3-13-37-32(29)47-2)38-34(44)41-18-16-40(17-19-41)26-11-14-39(15-12-26)27-22-48-23-27/h3-10,13,20,26-27H,11-12,14-19,22-23H2,1-2H3,(H,38,44)/t35-/m1/s1. The maximum absolute atomic E-state index is 14.9. The molecule has 3 amide bonds. The fourth-order valence-corrected chi connectivity index (χ4v) is 8.85. The number of benzene rings is 2. The van der Waals surface area contributed by atoms with Gasteiger partial charge in [-0.3, -0.25) is 14.6 Å². The van der Waals surface area contributed by atoms with Gasteiger partial charge in [0.05, 0.1) is 54.1 Å². The van der Waals surface area contributed by atoms with E-state index in [0.29, 0.717) is 38.3 Å². The van der Waals surface area contributed by atoms with Crippen molar-refractivity contribution in [2.24, 2.45) is 0 Å². The molecule has 0 unspecified atom stereocenters. The van der Waals surface area contributed by atoms with Gasteiger partial charge >= 0.3 is 6.03 Å². The number of aryl methyl sites for hydroxylation is 1. The van der Waals surface area contributed by atoms with Crippen LogP contribution in [0, 0.1) is 18.3 Å². The average molecular weight is 686 g/mol. The lowest BCUT2D eigenvalue weighted by atomic mass is 9.83.